The van der Waals surface area contributed by atoms with Gasteiger partial charge in [-0.1, -0.05) is 31.4 Å². The van der Waals surface area contributed by atoms with Gasteiger partial charge in [0.05, 0.1) is 20.1 Å². The van der Waals surface area contributed by atoms with Crippen LogP contribution in [0.15, 0.2) is 30.3 Å². The molecule has 0 radical (unpaired) electrons. The molecular formula is C27H31NO6. The summed E-state index contributed by atoms with van der Waals surface area (Å²) in [5.74, 6) is 1.38. The molecule has 1 aliphatic heterocycles. The van der Waals surface area contributed by atoms with Gasteiger partial charge in [-0.15, -0.1) is 0 Å². The lowest BCUT2D eigenvalue weighted by Gasteiger charge is -2.25. The van der Waals surface area contributed by atoms with Crippen molar-refractivity contribution in [3.05, 3.63) is 41.5 Å². The molecule has 5 rings (SSSR count). The van der Waals surface area contributed by atoms with Crippen molar-refractivity contribution in [3.8, 4) is 28.4 Å². The molecule has 2 aliphatic carbocycles. The molecule has 0 unspecified atom stereocenters. The number of amides is 1. The lowest BCUT2D eigenvalue weighted by Crippen LogP contribution is -2.31. The first-order chi connectivity index (χ1) is 16.5. The van der Waals surface area contributed by atoms with Crippen molar-refractivity contribution >= 4 is 11.9 Å². The number of rotatable bonds is 8. The third kappa shape index (κ3) is 4.19. The van der Waals surface area contributed by atoms with Crippen LogP contribution >= 0.6 is 0 Å². The molecule has 0 atom stereocenters. The number of esters is 1. The van der Waals surface area contributed by atoms with Gasteiger partial charge in [0.25, 0.3) is 5.91 Å². The van der Waals surface area contributed by atoms with Gasteiger partial charge in [0.15, 0.2) is 11.5 Å². The Morgan fingerprint density at radius 3 is 2.44 bits per heavy atom. The standard InChI is InChI=1S/C27H31NO6/c1-31-22-12-11-19(18-9-6-10-20-21(18)15-28-25(20)29)23(24(22)32-2)33-16-27(13-14-27)34-26(30)17-7-4-3-5-8-17/h6,9-12,17H,3-5,7-8,13-16H2,1-2H3,(H,28,29). The summed E-state index contributed by atoms with van der Waals surface area (Å²) in [7, 11) is 3.16. The summed E-state index contributed by atoms with van der Waals surface area (Å²) in [6.07, 6.45) is 6.77. The lowest BCUT2D eigenvalue weighted by atomic mass is 9.89. The Bertz CT molecular complexity index is 1100. The summed E-state index contributed by atoms with van der Waals surface area (Å²) in [6.45, 7) is 0.704. The Morgan fingerprint density at radius 1 is 0.971 bits per heavy atom. The molecule has 2 aromatic rings. The van der Waals surface area contributed by atoms with E-state index in [2.05, 4.69) is 5.32 Å². The number of carbonyl (C=O) groups excluding carboxylic acids is 2. The molecule has 34 heavy (non-hydrogen) atoms. The van der Waals surface area contributed by atoms with Crippen LogP contribution in [0.2, 0.25) is 0 Å². The van der Waals surface area contributed by atoms with E-state index in [-0.39, 0.29) is 24.4 Å². The van der Waals surface area contributed by atoms with E-state index >= 15 is 0 Å². The van der Waals surface area contributed by atoms with Crippen LogP contribution in [0.5, 0.6) is 17.2 Å². The predicted molar refractivity (Wildman–Crippen MR) is 126 cm³/mol. The lowest BCUT2D eigenvalue weighted by molar-refractivity contribution is -0.159. The monoisotopic (exact) mass is 465 g/mol. The largest absolute Gasteiger partial charge is 0.493 e. The van der Waals surface area contributed by atoms with Crippen molar-refractivity contribution in [2.24, 2.45) is 5.92 Å². The van der Waals surface area contributed by atoms with Crippen LogP contribution in [0.3, 0.4) is 0 Å². The van der Waals surface area contributed by atoms with Gasteiger partial charge >= 0.3 is 5.97 Å². The molecule has 0 bridgehead atoms. The molecule has 2 aromatic carbocycles. The van der Waals surface area contributed by atoms with E-state index < -0.39 is 5.60 Å². The number of fused-ring (bicyclic) bond motifs is 1. The molecule has 1 N–H and O–H groups in total. The van der Waals surface area contributed by atoms with Crippen LogP contribution in [-0.4, -0.2) is 38.3 Å². The highest BCUT2D eigenvalue weighted by atomic mass is 16.6. The highest BCUT2D eigenvalue weighted by Gasteiger charge is 2.49. The van der Waals surface area contributed by atoms with Gasteiger partial charge in [-0.3, -0.25) is 9.59 Å². The molecule has 2 fully saturated rings. The smallest absolute Gasteiger partial charge is 0.309 e. The molecule has 7 heteroatoms. The predicted octanol–water partition coefficient (Wildman–Crippen LogP) is 4.65. The average Bonchev–Trinajstić information content (AvgIpc) is 3.54. The van der Waals surface area contributed by atoms with Crippen molar-refractivity contribution < 1.29 is 28.5 Å². The highest BCUT2D eigenvalue weighted by Crippen LogP contribution is 2.48. The van der Waals surface area contributed by atoms with Crippen molar-refractivity contribution in [1.29, 1.82) is 0 Å². The summed E-state index contributed by atoms with van der Waals surface area (Å²) in [6, 6.07) is 9.42. The van der Waals surface area contributed by atoms with Crippen molar-refractivity contribution in [2.75, 3.05) is 20.8 Å². The average molecular weight is 466 g/mol. The minimum Gasteiger partial charge on any atom is -0.493 e. The van der Waals surface area contributed by atoms with Crippen LogP contribution < -0.4 is 19.5 Å². The van der Waals surface area contributed by atoms with Crippen LogP contribution in [0.25, 0.3) is 11.1 Å². The second kappa shape index (κ2) is 9.20. The SMILES string of the molecule is COc1ccc(-c2cccc3c2CNC3=O)c(OCC2(OC(=O)C3CCCCC3)CC2)c1OC. The van der Waals surface area contributed by atoms with Crippen LogP contribution in [0, 0.1) is 5.92 Å². The van der Waals surface area contributed by atoms with Gasteiger partial charge in [-0.05, 0) is 55.0 Å². The van der Waals surface area contributed by atoms with Gasteiger partial charge in [-0.25, -0.2) is 0 Å². The minimum absolute atomic E-state index is 0.00471. The van der Waals surface area contributed by atoms with E-state index in [1.165, 1.54) is 6.42 Å². The summed E-state index contributed by atoms with van der Waals surface area (Å²) >= 11 is 0. The number of hydrogen-bond acceptors (Lipinski definition) is 6. The molecule has 0 spiro atoms. The van der Waals surface area contributed by atoms with Crippen LogP contribution in [0.1, 0.15) is 60.9 Å². The van der Waals surface area contributed by atoms with Gasteiger partial charge in [0.2, 0.25) is 5.75 Å². The first kappa shape index (κ1) is 22.6. The Balaban J connectivity index is 1.43. The second-order valence-corrected chi connectivity index (χ2v) is 9.42. The zero-order chi connectivity index (χ0) is 23.7. The second-order valence-electron chi connectivity index (χ2n) is 9.42. The van der Waals surface area contributed by atoms with E-state index in [0.717, 1.165) is 55.2 Å². The topological polar surface area (TPSA) is 83.1 Å². The van der Waals surface area contributed by atoms with E-state index in [9.17, 15) is 9.59 Å². The molecule has 3 aliphatic rings. The maximum absolute atomic E-state index is 12.8. The van der Waals surface area contributed by atoms with Crippen LogP contribution in [-0.2, 0) is 16.1 Å². The first-order valence-electron chi connectivity index (χ1n) is 12.1. The van der Waals surface area contributed by atoms with E-state index in [1.807, 2.05) is 30.3 Å². The maximum atomic E-state index is 12.8. The zero-order valence-electron chi connectivity index (χ0n) is 19.8. The Hall–Kier alpha value is -3.22. The van der Waals surface area contributed by atoms with Crippen molar-refractivity contribution in [3.63, 3.8) is 0 Å². The highest BCUT2D eigenvalue weighted by molar-refractivity contribution is 6.01. The fourth-order valence-corrected chi connectivity index (χ4v) is 5.01. The number of methoxy groups -OCH3 is 2. The first-order valence-corrected chi connectivity index (χ1v) is 12.1. The van der Waals surface area contributed by atoms with Gasteiger partial charge in [-0.2, -0.15) is 0 Å². The molecule has 0 saturated heterocycles. The van der Waals surface area contributed by atoms with Gasteiger partial charge in [0, 0.05) is 17.7 Å². The Morgan fingerprint density at radius 2 is 1.74 bits per heavy atom. The maximum Gasteiger partial charge on any atom is 0.309 e. The summed E-state index contributed by atoms with van der Waals surface area (Å²) in [4.78, 5) is 25.0. The molecular weight excluding hydrogens is 434 g/mol. The molecule has 1 heterocycles. The normalized spacial score (nSPS) is 18.6. The fourth-order valence-electron chi connectivity index (χ4n) is 5.01. The molecule has 7 nitrogen and oxygen atoms in total. The molecule has 2 saturated carbocycles. The summed E-state index contributed by atoms with van der Waals surface area (Å²) < 4.78 is 23.6. The quantitative estimate of drug-likeness (QED) is 0.572. The third-order valence-corrected chi connectivity index (χ3v) is 7.18. The number of ether oxygens (including phenoxy) is 4. The van der Waals surface area contributed by atoms with Crippen molar-refractivity contribution in [2.45, 2.75) is 57.1 Å². The van der Waals surface area contributed by atoms with Gasteiger partial charge < -0.3 is 24.3 Å². The summed E-state index contributed by atoms with van der Waals surface area (Å²) in [5, 5.41) is 2.89. The molecule has 180 valence electrons. The Kier molecular flexibility index (Phi) is 6.11. The third-order valence-electron chi connectivity index (χ3n) is 7.18. The molecule has 0 aromatic heterocycles. The number of benzene rings is 2. The van der Waals surface area contributed by atoms with Gasteiger partial charge in [0.1, 0.15) is 12.2 Å². The number of carbonyl (C=O) groups is 2. The van der Waals surface area contributed by atoms with E-state index in [4.69, 9.17) is 18.9 Å². The van der Waals surface area contributed by atoms with E-state index in [1.54, 1.807) is 14.2 Å². The number of nitrogens with one attached hydrogen (secondary N) is 1. The Labute approximate surface area is 199 Å². The number of hydrogen-bond donors (Lipinski definition) is 1. The van der Waals surface area contributed by atoms with E-state index in [0.29, 0.717) is 29.4 Å². The minimum atomic E-state index is -0.587. The zero-order valence-corrected chi connectivity index (χ0v) is 19.8. The molecule has 1 amide bonds. The van der Waals surface area contributed by atoms with Crippen LogP contribution in [0.4, 0.5) is 0 Å². The summed E-state index contributed by atoms with van der Waals surface area (Å²) in [5.41, 5.74) is 2.71. The fraction of sp³-hybridized carbons (Fsp3) is 0.481. The van der Waals surface area contributed by atoms with Crippen molar-refractivity contribution in [1.82, 2.24) is 5.32 Å².